The number of hydrogen-bond donors (Lipinski definition) is 3. The summed E-state index contributed by atoms with van der Waals surface area (Å²) in [6.07, 6.45) is 0.438. The van der Waals surface area contributed by atoms with Gasteiger partial charge in [0, 0.05) is 12.1 Å². The number of rotatable bonds is 5. The van der Waals surface area contributed by atoms with Crippen molar-refractivity contribution in [3.05, 3.63) is 23.8 Å². The minimum absolute atomic E-state index is 0.0839. The molecule has 4 N–H and O–H groups in total. The highest BCUT2D eigenvalue weighted by molar-refractivity contribution is 7.22. The lowest BCUT2D eigenvalue weighted by atomic mass is 9.87. The number of thiazole rings is 1. The Bertz CT molecular complexity index is 698. The number of nitrogens with two attached hydrogens (primary N) is 1. The number of nitrogens with zero attached hydrogens (tertiary/aromatic N) is 1. The maximum Gasteiger partial charge on any atom is 0.311 e. The van der Waals surface area contributed by atoms with Crippen molar-refractivity contribution in [1.29, 1.82) is 0 Å². The van der Waals surface area contributed by atoms with Gasteiger partial charge in [0.25, 0.3) is 5.91 Å². The molecule has 1 atom stereocenters. The van der Waals surface area contributed by atoms with Crippen LogP contribution in [-0.2, 0) is 4.79 Å². The minimum atomic E-state index is -0.964. The van der Waals surface area contributed by atoms with Crippen LogP contribution in [0.4, 0.5) is 5.13 Å². The highest BCUT2D eigenvalue weighted by Gasteiger charge is 2.31. The van der Waals surface area contributed by atoms with E-state index in [1.54, 1.807) is 32.0 Å². The first-order chi connectivity index (χ1) is 9.85. The summed E-state index contributed by atoms with van der Waals surface area (Å²) in [4.78, 5) is 27.5. The highest BCUT2D eigenvalue weighted by Crippen LogP contribution is 2.25. The van der Waals surface area contributed by atoms with Gasteiger partial charge >= 0.3 is 5.97 Å². The van der Waals surface area contributed by atoms with Gasteiger partial charge in [0.2, 0.25) is 0 Å². The van der Waals surface area contributed by atoms with Gasteiger partial charge in [0.05, 0.1) is 15.6 Å². The molecule has 1 aromatic heterocycles. The Hall–Kier alpha value is -2.15. The molecule has 1 unspecified atom stereocenters. The van der Waals surface area contributed by atoms with Crippen molar-refractivity contribution in [1.82, 2.24) is 10.3 Å². The number of nitrogen functional groups attached to an aromatic ring is 1. The second-order valence-electron chi connectivity index (χ2n) is 5.14. The van der Waals surface area contributed by atoms with E-state index in [4.69, 9.17) is 5.73 Å². The molecule has 0 bridgehead atoms. The van der Waals surface area contributed by atoms with E-state index in [1.165, 1.54) is 11.3 Å². The van der Waals surface area contributed by atoms with Crippen LogP contribution in [0.5, 0.6) is 0 Å². The zero-order chi connectivity index (χ0) is 15.6. The fraction of sp³-hybridized carbons (Fsp3) is 0.357. The van der Waals surface area contributed by atoms with E-state index in [9.17, 15) is 14.7 Å². The molecule has 1 amide bonds. The molecule has 6 nitrogen and oxygen atoms in total. The quantitative estimate of drug-likeness (QED) is 0.784. The monoisotopic (exact) mass is 307 g/mol. The summed E-state index contributed by atoms with van der Waals surface area (Å²) in [7, 11) is 0. The number of amides is 1. The molecule has 2 rings (SSSR count). The van der Waals surface area contributed by atoms with Crippen LogP contribution in [0.3, 0.4) is 0 Å². The number of benzene rings is 1. The normalized spacial score (nSPS) is 13.8. The molecule has 0 aliphatic carbocycles. The van der Waals surface area contributed by atoms with E-state index < -0.39 is 11.4 Å². The molecule has 7 heteroatoms. The lowest BCUT2D eigenvalue weighted by Crippen LogP contribution is -2.40. The first-order valence-electron chi connectivity index (χ1n) is 6.53. The van der Waals surface area contributed by atoms with Crippen molar-refractivity contribution in [2.45, 2.75) is 20.3 Å². The average molecular weight is 307 g/mol. The summed E-state index contributed by atoms with van der Waals surface area (Å²) in [5, 5.41) is 12.3. The average Bonchev–Trinajstić information content (AvgIpc) is 2.83. The first kappa shape index (κ1) is 15.2. The fourth-order valence-electron chi connectivity index (χ4n) is 1.81. The van der Waals surface area contributed by atoms with E-state index >= 15 is 0 Å². The van der Waals surface area contributed by atoms with Gasteiger partial charge in [-0.25, -0.2) is 4.98 Å². The summed E-state index contributed by atoms with van der Waals surface area (Å²) >= 11 is 1.31. The number of aromatic nitrogens is 1. The maximum absolute atomic E-state index is 12.1. The van der Waals surface area contributed by atoms with E-state index in [0.717, 1.165) is 10.2 Å². The van der Waals surface area contributed by atoms with Gasteiger partial charge in [-0.15, -0.1) is 0 Å². The predicted octanol–water partition coefficient (Wildman–Crippen LogP) is 2.11. The Morgan fingerprint density at radius 3 is 2.81 bits per heavy atom. The zero-order valence-corrected chi connectivity index (χ0v) is 12.7. The molecule has 0 radical (unpaired) electrons. The number of anilines is 1. The van der Waals surface area contributed by atoms with Crippen LogP contribution >= 0.6 is 11.3 Å². The number of hydrogen-bond acceptors (Lipinski definition) is 5. The summed E-state index contributed by atoms with van der Waals surface area (Å²) in [6.45, 7) is 3.48. The predicted molar refractivity (Wildman–Crippen MR) is 82.4 cm³/mol. The van der Waals surface area contributed by atoms with Gasteiger partial charge in [-0.1, -0.05) is 18.3 Å². The fourth-order valence-corrected chi connectivity index (χ4v) is 2.59. The maximum atomic E-state index is 12.1. The molecular weight excluding hydrogens is 290 g/mol. The standard InChI is InChI=1S/C14H17N3O3S/c1-3-14(2,12(19)20)7-16-11(18)8-4-5-9-10(6-8)21-13(15)17-9/h4-6H,3,7H2,1-2H3,(H2,15,17)(H,16,18)(H,19,20). The smallest absolute Gasteiger partial charge is 0.311 e. The summed E-state index contributed by atoms with van der Waals surface area (Å²) < 4.78 is 0.830. The molecule has 1 aromatic carbocycles. The van der Waals surface area contributed by atoms with E-state index in [2.05, 4.69) is 10.3 Å². The molecule has 0 aliphatic heterocycles. The number of carboxylic acids is 1. The van der Waals surface area contributed by atoms with Crippen molar-refractivity contribution in [2.24, 2.45) is 5.41 Å². The van der Waals surface area contributed by atoms with Crippen molar-refractivity contribution >= 4 is 38.6 Å². The second-order valence-corrected chi connectivity index (χ2v) is 6.20. The molecule has 1 heterocycles. The van der Waals surface area contributed by atoms with Crippen molar-refractivity contribution in [3.63, 3.8) is 0 Å². The molecule has 0 aliphatic rings. The van der Waals surface area contributed by atoms with Crippen LogP contribution in [0, 0.1) is 5.41 Å². The van der Waals surface area contributed by atoms with Crippen LogP contribution in [0.25, 0.3) is 10.2 Å². The summed E-state index contributed by atoms with van der Waals surface area (Å²) in [5.41, 5.74) is 5.88. The summed E-state index contributed by atoms with van der Waals surface area (Å²) in [5.74, 6) is -1.22. The van der Waals surface area contributed by atoms with Gasteiger partial charge in [0.15, 0.2) is 5.13 Å². The van der Waals surface area contributed by atoms with Crippen molar-refractivity contribution < 1.29 is 14.7 Å². The SMILES string of the molecule is CCC(C)(CNC(=O)c1ccc2nc(N)sc2c1)C(=O)O. The molecule has 2 aromatic rings. The third-order valence-electron chi connectivity index (χ3n) is 3.60. The van der Waals surface area contributed by atoms with E-state index in [0.29, 0.717) is 17.1 Å². The Morgan fingerprint density at radius 1 is 1.48 bits per heavy atom. The Morgan fingerprint density at radius 2 is 2.19 bits per heavy atom. The van der Waals surface area contributed by atoms with Gasteiger partial charge < -0.3 is 16.2 Å². The molecule has 0 saturated carbocycles. The van der Waals surface area contributed by atoms with Gasteiger partial charge in [-0.05, 0) is 31.5 Å². The molecule has 0 saturated heterocycles. The minimum Gasteiger partial charge on any atom is -0.481 e. The number of carboxylic acid groups (broad SMARTS) is 1. The molecule has 21 heavy (non-hydrogen) atoms. The van der Waals surface area contributed by atoms with Gasteiger partial charge in [-0.3, -0.25) is 9.59 Å². The summed E-state index contributed by atoms with van der Waals surface area (Å²) in [6, 6.07) is 5.09. The lowest BCUT2D eigenvalue weighted by Gasteiger charge is -2.23. The Labute approximate surface area is 126 Å². The Kier molecular flexibility index (Phi) is 4.13. The number of carbonyl (C=O) groups is 2. The molecule has 0 fully saturated rings. The van der Waals surface area contributed by atoms with Crippen LogP contribution in [0.1, 0.15) is 30.6 Å². The number of fused-ring (bicyclic) bond motifs is 1. The van der Waals surface area contributed by atoms with Crippen LogP contribution in [0.15, 0.2) is 18.2 Å². The first-order valence-corrected chi connectivity index (χ1v) is 7.35. The highest BCUT2D eigenvalue weighted by atomic mass is 32.1. The van der Waals surface area contributed by atoms with Gasteiger partial charge in [0.1, 0.15) is 0 Å². The number of nitrogens with one attached hydrogen (secondary N) is 1. The molecule has 0 spiro atoms. The van der Waals surface area contributed by atoms with Crippen molar-refractivity contribution in [2.75, 3.05) is 12.3 Å². The van der Waals surface area contributed by atoms with Crippen LogP contribution < -0.4 is 11.1 Å². The molecular formula is C14H17N3O3S. The molecule has 112 valence electrons. The van der Waals surface area contributed by atoms with E-state index in [-0.39, 0.29) is 12.5 Å². The van der Waals surface area contributed by atoms with Crippen LogP contribution in [-0.4, -0.2) is 28.5 Å². The van der Waals surface area contributed by atoms with Crippen LogP contribution in [0.2, 0.25) is 0 Å². The topological polar surface area (TPSA) is 105 Å². The van der Waals surface area contributed by atoms with E-state index in [1.807, 2.05) is 0 Å². The zero-order valence-electron chi connectivity index (χ0n) is 11.8. The Balaban J connectivity index is 2.13. The number of carbonyl (C=O) groups excluding carboxylic acids is 1. The lowest BCUT2D eigenvalue weighted by molar-refractivity contribution is -0.147. The number of aliphatic carboxylic acids is 1. The third kappa shape index (κ3) is 3.13. The van der Waals surface area contributed by atoms with Gasteiger partial charge in [-0.2, -0.15) is 0 Å². The largest absolute Gasteiger partial charge is 0.481 e. The second kappa shape index (κ2) is 5.69. The third-order valence-corrected chi connectivity index (χ3v) is 4.45. The van der Waals surface area contributed by atoms with Crippen molar-refractivity contribution in [3.8, 4) is 0 Å².